The fourth-order valence-electron chi connectivity index (χ4n) is 3.01. The van der Waals surface area contributed by atoms with Gasteiger partial charge in [0.2, 0.25) is 0 Å². The quantitative estimate of drug-likeness (QED) is 0.491. The molecule has 2 aromatic heterocycles. The summed E-state index contributed by atoms with van der Waals surface area (Å²) >= 11 is 6.22. The van der Waals surface area contributed by atoms with Gasteiger partial charge in [-0.25, -0.2) is 4.39 Å². The molecule has 0 fully saturated rings. The van der Waals surface area contributed by atoms with E-state index in [9.17, 15) is 4.39 Å². The number of rotatable bonds is 6. The highest BCUT2D eigenvalue weighted by Crippen LogP contribution is 2.29. The maximum absolute atomic E-state index is 13.3. The van der Waals surface area contributed by atoms with Gasteiger partial charge in [0, 0.05) is 43.2 Å². The SMILES string of the molecule is CN=C(NCCc1nnc2ccccn12)NCC(C)(C)c1ccc(F)cc1Cl. The molecule has 0 unspecified atom stereocenters. The fourth-order valence-corrected chi connectivity index (χ4v) is 3.44. The molecule has 1 aromatic carbocycles. The highest BCUT2D eigenvalue weighted by atomic mass is 35.5. The van der Waals surface area contributed by atoms with Crippen molar-refractivity contribution >= 4 is 23.2 Å². The number of halogens is 2. The van der Waals surface area contributed by atoms with E-state index >= 15 is 0 Å². The Morgan fingerprint density at radius 3 is 2.79 bits per heavy atom. The lowest BCUT2D eigenvalue weighted by molar-refractivity contribution is 0.507. The summed E-state index contributed by atoms with van der Waals surface area (Å²) in [7, 11) is 1.72. The lowest BCUT2D eigenvalue weighted by atomic mass is 9.84. The van der Waals surface area contributed by atoms with Gasteiger partial charge in [0.1, 0.15) is 11.6 Å². The summed E-state index contributed by atoms with van der Waals surface area (Å²) < 4.78 is 15.3. The van der Waals surface area contributed by atoms with Crippen molar-refractivity contribution in [3.8, 4) is 0 Å². The monoisotopic (exact) mass is 402 g/mol. The van der Waals surface area contributed by atoms with Crippen molar-refractivity contribution in [1.29, 1.82) is 0 Å². The molecule has 0 aliphatic heterocycles. The van der Waals surface area contributed by atoms with E-state index < -0.39 is 0 Å². The molecule has 0 saturated heterocycles. The number of hydrogen-bond donors (Lipinski definition) is 2. The van der Waals surface area contributed by atoms with Crippen molar-refractivity contribution in [1.82, 2.24) is 25.2 Å². The van der Waals surface area contributed by atoms with E-state index in [0.717, 1.165) is 17.0 Å². The van der Waals surface area contributed by atoms with Crippen LogP contribution in [0.5, 0.6) is 0 Å². The van der Waals surface area contributed by atoms with Crippen LogP contribution in [0.3, 0.4) is 0 Å². The number of aromatic nitrogens is 3. The van der Waals surface area contributed by atoms with Gasteiger partial charge in [-0.2, -0.15) is 0 Å². The molecule has 3 aromatic rings. The molecule has 0 atom stereocenters. The minimum Gasteiger partial charge on any atom is -0.356 e. The first kappa shape index (κ1) is 20.1. The van der Waals surface area contributed by atoms with Crippen LogP contribution < -0.4 is 10.6 Å². The summed E-state index contributed by atoms with van der Waals surface area (Å²) in [6, 6.07) is 10.3. The maximum Gasteiger partial charge on any atom is 0.191 e. The van der Waals surface area contributed by atoms with Crippen LogP contribution in [-0.2, 0) is 11.8 Å². The van der Waals surface area contributed by atoms with E-state index in [-0.39, 0.29) is 11.2 Å². The van der Waals surface area contributed by atoms with Gasteiger partial charge in [-0.3, -0.25) is 9.39 Å². The lowest BCUT2D eigenvalue weighted by Gasteiger charge is -2.27. The normalized spacial score (nSPS) is 12.4. The first-order valence-corrected chi connectivity index (χ1v) is 9.47. The van der Waals surface area contributed by atoms with Crippen LogP contribution in [0.1, 0.15) is 25.2 Å². The number of nitrogens with zero attached hydrogens (tertiary/aromatic N) is 4. The Labute approximate surface area is 168 Å². The Morgan fingerprint density at radius 1 is 1.21 bits per heavy atom. The minimum absolute atomic E-state index is 0.300. The van der Waals surface area contributed by atoms with Gasteiger partial charge in [0.05, 0.1) is 0 Å². The smallest absolute Gasteiger partial charge is 0.191 e. The van der Waals surface area contributed by atoms with Crippen molar-refractivity contribution in [2.45, 2.75) is 25.7 Å². The number of nitrogens with one attached hydrogen (secondary N) is 2. The van der Waals surface area contributed by atoms with Crippen LogP contribution in [0.4, 0.5) is 4.39 Å². The van der Waals surface area contributed by atoms with E-state index in [4.69, 9.17) is 11.6 Å². The van der Waals surface area contributed by atoms with Crippen molar-refractivity contribution in [3.63, 3.8) is 0 Å². The molecule has 0 radical (unpaired) electrons. The molecule has 0 aliphatic carbocycles. The van der Waals surface area contributed by atoms with Crippen LogP contribution in [0.2, 0.25) is 5.02 Å². The van der Waals surface area contributed by atoms with Crippen molar-refractivity contribution in [3.05, 3.63) is 64.8 Å². The minimum atomic E-state index is -0.337. The van der Waals surface area contributed by atoms with Gasteiger partial charge in [-0.1, -0.05) is 37.6 Å². The molecule has 8 heteroatoms. The standard InChI is InChI=1S/C20H24ClFN6/c1-20(2,15-8-7-14(22)12-16(15)21)13-25-19(23-3)24-10-9-18-27-26-17-6-4-5-11-28(17)18/h4-8,11-12H,9-10,13H2,1-3H3,(H2,23,24,25). The summed E-state index contributed by atoms with van der Waals surface area (Å²) in [5, 5.41) is 15.4. The van der Waals surface area contributed by atoms with E-state index in [1.165, 1.54) is 12.1 Å². The van der Waals surface area contributed by atoms with E-state index in [1.54, 1.807) is 13.1 Å². The molecule has 0 spiro atoms. The second-order valence-electron chi connectivity index (χ2n) is 7.16. The van der Waals surface area contributed by atoms with Crippen molar-refractivity contribution in [2.75, 3.05) is 20.1 Å². The van der Waals surface area contributed by atoms with E-state index in [1.807, 2.05) is 28.8 Å². The molecule has 3 rings (SSSR count). The second-order valence-corrected chi connectivity index (χ2v) is 7.56. The third kappa shape index (κ3) is 4.59. The Bertz CT molecular complexity index is 982. The summed E-state index contributed by atoms with van der Waals surface area (Å²) in [6.07, 6.45) is 2.66. The predicted octanol–water partition coefficient (Wildman–Crippen LogP) is 3.21. The zero-order valence-corrected chi connectivity index (χ0v) is 17.0. The highest BCUT2D eigenvalue weighted by Gasteiger charge is 2.24. The van der Waals surface area contributed by atoms with Crippen LogP contribution in [-0.4, -0.2) is 40.7 Å². The van der Waals surface area contributed by atoms with Crippen molar-refractivity contribution in [2.24, 2.45) is 4.99 Å². The van der Waals surface area contributed by atoms with Gasteiger partial charge in [-0.15, -0.1) is 10.2 Å². The molecule has 0 aliphatic rings. The molecule has 0 amide bonds. The average molecular weight is 403 g/mol. The summed E-state index contributed by atoms with van der Waals surface area (Å²) in [6.45, 7) is 5.35. The zero-order valence-electron chi connectivity index (χ0n) is 16.2. The number of pyridine rings is 1. The highest BCUT2D eigenvalue weighted by molar-refractivity contribution is 6.31. The Hall–Kier alpha value is -2.67. The van der Waals surface area contributed by atoms with Gasteiger partial charge < -0.3 is 10.6 Å². The first-order valence-electron chi connectivity index (χ1n) is 9.09. The van der Waals surface area contributed by atoms with Gasteiger partial charge in [0.25, 0.3) is 0 Å². The Morgan fingerprint density at radius 2 is 2.04 bits per heavy atom. The number of aliphatic imine (C=N–C) groups is 1. The third-order valence-corrected chi connectivity index (χ3v) is 4.92. The average Bonchev–Trinajstić information content (AvgIpc) is 3.07. The molecule has 0 bridgehead atoms. The fraction of sp³-hybridized carbons (Fsp3) is 0.350. The molecular weight excluding hydrogens is 379 g/mol. The second kappa shape index (κ2) is 8.56. The largest absolute Gasteiger partial charge is 0.356 e. The van der Waals surface area contributed by atoms with Gasteiger partial charge in [-0.05, 0) is 29.8 Å². The van der Waals surface area contributed by atoms with Crippen LogP contribution >= 0.6 is 11.6 Å². The van der Waals surface area contributed by atoms with Gasteiger partial charge >= 0.3 is 0 Å². The third-order valence-electron chi connectivity index (χ3n) is 4.61. The molecule has 148 valence electrons. The Balaban J connectivity index is 1.55. The molecule has 2 N–H and O–H groups in total. The number of fused-ring (bicyclic) bond motifs is 1. The van der Waals surface area contributed by atoms with Crippen molar-refractivity contribution < 1.29 is 4.39 Å². The van der Waals surface area contributed by atoms with E-state index in [2.05, 4.69) is 39.7 Å². The Kier molecular flexibility index (Phi) is 6.14. The lowest BCUT2D eigenvalue weighted by Crippen LogP contribution is -2.44. The molecule has 2 heterocycles. The van der Waals surface area contributed by atoms with Crippen LogP contribution in [0.15, 0.2) is 47.6 Å². The summed E-state index contributed by atoms with van der Waals surface area (Å²) in [5.41, 5.74) is 1.41. The number of guanidine groups is 1. The molecular formula is C20H24ClFN6. The summed E-state index contributed by atoms with van der Waals surface area (Å²) in [5.74, 6) is 1.23. The number of benzene rings is 1. The van der Waals surface area contributed by atoms with Crippen LogP contribution in [0.25, 0.3) is 5.65 Å². The first-order chi connectivity index (χ1) is 13.4. The molecule has 28 heavy (non-hydrogen) atoms. The zero-order chi connectivity index (χ0) is 20.1. The van der Waals surface area contributed by atoms with Crippen LogP contribution in [0, 0.1) is 5.82 Å². The summed E-state index contributed by atoms with van der Waals surface area (Å²) in [4.78, 5) is 4.26. The van der Waals surface area contributed by atoms with E-state index in [0.29, 0.717) is 30.5 Å². The topological polar surface area (TPSA) is 66.6 Å². The van der Waals surface area contributed by atoms with Gasteiger partial charge in [0.15, 0.2) is 11.6 Å². The molecule has 0 saturated carbocycles. The predicted molar refractivity (Wildman–Crippen MR) is 110 cm³/mol. The number of hydrogen-bond acceptors (Lipinski definition) is 3. The molecule has 6 nitrogen and oxygen atoms in total. The maximum atomic E-state index is 13.3.